The lowest BCUT2D eigenvalue weighted by molar-refractivity contribution is 0.0637. The van der Waals surface area contributed by atoms with Gasteiger partial charge in [0.25, 0.3) is 0 Å². The first-order valence-electron chi connectivity index (χ1n) is 11.8. The lowest BCUT2D eigenvalue weighted by atomic mass is 9.78. The Hall–Kier alpha value is -3.02. The number of nitrogens with zero attached hydrogens (tertiary/aromatic N) is 1. The summed E-state index contributed by atoms with van der Waals surface area (Å²) in [7, 11) is 3.31. The molecule has 3 aromatic rings. The van der Waals surface area contributed by atoms with E-state index in [0.29, 0.717) is 6.54 Å². The summed E-state index contributed by atoms with van der Waals surface area (Å²) in [6.45, 7) is 6.94. The van der Waals surface area contributed by atoms with Gasteiger partial charge in [0.05, 0.1) is 14.2 Å². The quantitative estimate of drug-likeness (QED) is 0.495. The van der Waals surface area contributed by atoms with Crippen LogP contribution in [0.25, 0.3) is 0 Å². The van der Waals surface area contributed by atoms with Crippen molar-refractivity contribution in [1.82, 2.24) is 4.90 Å². The number of aliphatic hydroxyl groups is 1. The third-order valence-electron chi connectivity index (χ3n) is 6.78. The van der Waals surface area contributed by atoms with Crippen molar-refractivity contribution in [3.8, 4) is 17.2 Å². The first kappa shape index (κ1) is 24.1. The summed E-state index contributed by atoms with van der Waals surface area (Å²) in [5.74, 6) is 2.28. The van der Waals surface area contributed by atoms with Crippen LogP contribution in [0.3, 0.4) is 0 Å². The average Bonchev–Trinajstić information content (AvgIpc) is 2.87. The molecule has 3 aromatic carbocycles. The van der Waals surface area contributed by atoms with Crippen LogP contribution >= 0.6 is 0 Å². The van der Waals surface area contributed by atoms with Crippen molar-refractivity contribution in [3.05, 3.63) is 89.0 Å². The standard InChI is InChI=1S/C29H35NO4/c1-29(2,23-8-6-5-7-9-23)24-10-12-26(13-11-24)34-20-25(31)19-30-15-14-21-16-27(32-3)28(33-4)17-22(21)18-30/h5-13,16-17,25,31H,14-15,18-20H2,1-4H3/t25-/m1/s1. The van der Waals surface area contributed by atoms with Crippen molar-refractivity contribution in [3.63, 3.8) is 0 Å². The van der Waals surface area contributed by atoms with Crippen LogP contribution in [-0.4, -0.2) is 50.0 Å². The third kappa shape index (κ3) is 5.37. The maximum Gasteiger partial charge on any atom is 0.161 e. The molecule has 1 aliphatic rings. The monoisotopic (exact) mass is 461 g/mol. The fourth-order valence-corrected chi connectivity index (χ4v) is 4.63. The highest BCUT2D eigenvalue weighted by molar-refractivity contribution is 5.48. The zero-order valence-electron chi connectivity index (χ0n) is 20.6. The van der Waals surface area contributed by atoms with E-state index in [0.717, 1.165) is 36.8 Å². The maximum atomic E-state index is 10.6. The van der Waals surface area contributed by atoms with Crippen molar-refractivity contribution in [2.45, 2.75) is 38.3 Å². The molecule has 0 fully saturated rings. The molecule has 1 atom stereocenters. The van der Waals surface area contributed by atoms with E-state index >= 15 is 0 Å². The van der Waals surface area contributed by atoms with E-state index < -0.39 is 6.10 Å². The van der Waals surface area contributed by atoms with Crippen molar-refractivity contribution in [2.75, 3.05) is 33.9 Å². The number of ether oxygens (including phenoxy) is 3. The number of fused-ring (bicyclic) bond motifs is 1. The Labute approximate surface area is 202 Å². The van der Waals surface area contributed by atoms with Gasteiger partial charge in [-0.15, -0.1) is 0 Å². The number of benzene rings is 3. The smallest absolute Gasteiger partial charge is 0.161 e. The number of hydrogen-bond donors (Lipinski definition) is 1. The molecular weight excluding hydrogens is 426 g/mol. The molecule has 0 amide bonds. The van der Waals surface area contributed by atoms with Crippen molar-refractivity contribution in [2.24, 2.45) is 0 Å². The molecule has 0 unspecified atom stereocenters. The summed E-state index contributed by atoms with van der Waals surface area (Å²) in [4.78, 5) is 2.26. The van der Waals surface area contributed by atoms with Gasteiger partial charge in [-0.3, -0.25) is 4.90 Å². The average molecular weight is 462 g/mol. The zero-order chi connectivity index (χ0) is 24.1. The number of hydrogen-bond acceptors (Lipinski definition) is 5. The van der Waals surface area contributed by atoms with Crippen LogP contribution in [0.1, 0.15) is 36.1 Å². The van der Waals surface area contributed by atoms with Gasteiger partial charge in [-0.2, -0.15) is 0 Å². The van der Waals surface area contributed by atoms with Crippen molar-refractivity contribution in [1.29, 1.82) is 0 Å². The van der Waals surface area contributed by atoms with Crippen LogP contribution in [0.2, 0.25) is 0 Å². The molecule has 4 rings (SSSR count). The second-order valence-electron chi connectivity index (χ2n) is 9.44. The molecule has 1 aliphatic heterocycles. The highest BCUT2D eigenvalue weighted by Gasteiger charge is 2.23. The first-order valence-corrected chi connectivity index (χ1v) is 11.8. The molecule has 0 saturated heterocycles. The molecule has 180 valence electrons. The maximum absolute atomic E-state index is 10.6. The third-order valence-corrected chi connectivity index (χ3v) is 6.78. The van der Waals surface area contributed by atoms with E-state index in [2.05, 4.69) is 61.2 Å². The van der Waals surface area contributed by atoms with Gasteiger partial charge in [0.2, 0.25) is 0 Å². The van der Waals surface area contributed by atoms with Crippen LogP contribution in [0, 0.1) is 0 Å². The van der Waals surface area contributed by atoms with Gasteiger partial charge in [0.15, 0.2) is 11.5 Å². The van der Waals surface area contributed by atoms with Crippen molar-refractivity contribution >= 4 is 0 Å². The van der Waals surface area contributed by atoms with Gasteiger partial charge >= 0.3 is 0 Å². The Morgan fingerprint density at radius 2 is 1.50 bits per heavy atom. The number of β-amino-alcohol motifs (C(OH)–C–C–N with tert-alkyl or cyclic N) is 1. The second-order valence-corrected chi connectivity index (χ2v) is 9.44. The van der Waals surface area contributed by atoms with Gasteiger partial charge in [-0.25, -0.2) is 0 Å². The summed E-state index contributed by atoms with van der Waals surface area (Å²) in [5.41, 5.74) is 4.91. The number of aliphatic hydroxyl groups excluding tert-OH is 1. The van der Waals surface area contributed by atoms with Gasteiger partial charge in [0.1, 0.15) is 18.5 Å². The summed E-state index contributed by atoms with van der Waals surface area (Å²) >= 11 is 0. The lowest BCUT2D eigenvalue weighted by Gasteiger charge is -2.31. The van der Waals surface area contributed by atoms with E-state index in [1.165, 1.54) is 22.3 Å². The predicted octanol–water partition coefficient (Wildman–Crippen LogP) is 4.83. The molecule has 1 N–H and O–H groups in total. The molecule has 0 aliphatic carbocycles. The summed E-state index contributed by atoms with van der Waals surface area (Å²) in [6.07, 6.45) is 0.351. The largest absolute Gasteiger partial charge is 0.493 e. The minimum absolute atomic E-state index is 0.0867. The van der Waals surface area contributed by atoms with E-state index in [1.807, 2.05) is 24.3 Å². The Morgan fingerprint density at radius 3 is 2.15 bits per heavy atom. The Kier molecular flexibility index (Phi) is 7.44. The summed E-state index contributed by atoms with van der Waals surface area (Å²) in [6, 6.07) is 22.8. The van der Waals surface area contributed by atoms with Crippen LogP contribution < -0.4 is 14.2 Å². The van der Waals surface area contributed by atoms with Gasteiger partial charge in [-0.1, -0.05) is 56.3 Å². The topological polar surface area (TPSA) is 51.2 Å². The van der Waals surface area contributed by atoms with Crippen molar-refractivity contribution < 1.29 is 19.3 Å². The molecule has 34 heavy (non-hydrogen) atoms. The molecule has 5 heteroatoms. The second kappa shape index (κ2) is 10.5. The first-order chi connectivity index (χ1) is 16.4. The van der Waals surface area contributed by atoms with E-state index in [4.69, 9.17) is 14.2 Å². The SMILES string of the molecule is COc1cc2c(cc1OC)CN(C[C@@H](O)COc1ccc(C(C)(C)c3ccccc3)cc1)CC2. The van der Waals surface area contributed by atoms with Crippen LogP contribution in [0.15, 0.2) is 66.7 Å². The highest BCUT2D eigenvalue weighted by Crippen LogP contribution is 2.34. The molecule has 5 nitrogen and oxygen atoms in total. The van der Waals surface area contributed by atoms with Gasteiger partial charge in [0, 0.05) is 25.0 Å². The molecule has 0 radical (unpaired) electrons. The Morgan fingerprint density at radius 1 is 0.882 bits per heavy atom. The molecule has 0 spiro atoms. The Balaban J connectivity index is 1.31. The van der Waals surface area contributed by atoms with Crippen LogP contribution in [0.4, 0.5) is 0 Å². The van der Waals surface area contributed by atoms with E-state index in [-0.39, 0.29) is 12.0 Å². The Bertz CT molecular complexity index is 1080. The van der Waals surface area contributed by atoms with Crippen LogP contribution in [0.5, 0.6) is 17.2 Å². The van der Waals surface area contributed by atoms with E-state index in [9.17, 15) is 5.11 Å². The minimum Gasteiger partial charge on any atom is -0.493 e. The minimum atomic E-state index is -0.567. The predicted molar refractivity (Wildman–Crippen MR) is 135 cm³/mol. The molecule has 1 heterocycles. The molecule has 0 bridgehead atoms. The molecule has 0 aromatic heterocycles. The van der Waals surface area contributed by atoms with E-state index in [1.54, 1.807) is 14.2 Å². The van der Waals surface area contributed by atoms with Crippen LogP contribution in [-0.2, 0) is 18.4 Å². The van der Waals surface area contributed by atoms with Gasteiger partial charge < -0.3 is 19.3 Å². The zero-order valence-corrected chi connectivity index (χ0v) is 20.6. The summed E-state index contributed by atoms with van der Waals surface area (Å²) in [5, 5.41) is 10.6. The molecule has 0 saturated carbocycles. The number of rotatable bonds is 9. The highest BCUT2D eigenvalue weighted by atomic mass is 16.5. The normalized spacial score (nSPS) is 14.9. The van der Waals surface area contributed by atoms with Gasteiger partial charge in [-0.05, 0) is 52.9 Å². The lowest BCUT2D eigenvalue weighted by Crippen LogP contribution is -2.38. The fraction of sp³-hybridized carbons (Fsp3) is 0.379. The summed E-state index contributed by atoms with van der Waals surface area (Å²) < 4.78 is 16.8. The number of methoxy groups -OCH3 is 2. The fourth-order valence-electron chi connectivity index (χ4n) is 4.63. The molecular formula is C29H35NO4.